The minimum Gasteiger partial charge on any atom is -0.505 e. The van der Waals surface area contributed by atoms with Crippen LogP contribution in [0, 0.1) is 29.4 Å². The van der Waals surface area contributed by atoms with Crippen LogP contribution >= 0.6 is 34.8 Å². The van der Waals surface area contributed by atoms with Crippen molar-refractivity contribution in [2.45, 2.75) is 34.7 Å². The number of amides is 4. The van der Waals surface area contributed by atoms with E-state index in [1.54, 1.807) is 6.08 Å². The summed E-state index contributed by atoms with van der Waals surface area (Å²) in [5.74, 6) is -11.5. The predicted molar refractivity (Wildman–Crippen MR) is 169 cm³/mol. The number of imide groups is 2. The molecule has 3 fully saturated rings. The highest BCUT2D eigenvalue weighted by Gasteiger charge is 2.76. The van der Waals surface area contributed by atoms with Crippen molar-refractivity contribution in [1.29, 1.82) is 0 Å². The van der Waals surface area contributed by atoms with Gasteiger partial charge in [0.05, 0.1) is 22.5 Å². The van der Waals surface area contributed by atoms with E-state index in [1.165, 1.54) is 18.2 Å². The third kappa shape index (κ3) is 4.67. The third-order valence-electron chi connectivity index (χ3n) is 9.90. The first-order valence-electron chi connectivity index (χ1n) is 15.0. The number of alkyl halides is 5. The summed E-state index contributed by atoms with van der Waals surface area (Å²) >= 11 is 20.6. The molecular formula is C33H22Cl3F5N4O5. The molecule has 260 valence electrons. The van der Waals surface area contributed by atoms with E-state index in [0.717, 1.165) is 42.4 Å². The number of allylic oxidation sites excluding steroid dienone is 2. The fourth-order valence-electron chi connectivity index (χ4n) is 7.67. The van der Waals surface area contributed by atoms with Crippen LogP contribution in [0.5, 0.6) is 5.75 Å². The fourth-order valence-corrected chi connectivity index (χ4v) is 8.83. The molecule has 2 aliphatic carbocycles. The molecule has 3 aromatic rings. The predicted octanol–water partition coefficient (Wildman–Crippen LogP) is 6.35. The molecule has 50 heavy (non-hydrogen) atoms. The standard InChI is InChI=1S/C33H22Cl3F5N4O5/c1-43(26-20(34)9-11-23(42-26)33(39,40)41)45-27(47)18-8-7-17-19(24(18)28(45)48)13-31(35)29(49)44(16-5-3-15(37)4-6-16)30(50)32(31,36)25(17)14-2-10-22(46)21(38)12-14/h2-7,9-12,18-19,24-25,46H,8,13H2,1H3/t18-,19+,24-,25-,31+,32-/m0/s1. The van der Waals surface area contributed by atoms with Crippen LogP contribution in [0.25, 0.3) is 0 Å². The van der Waals surface area contributed by atoms with Gasteiger partial charge in [0.1, 0.15) is 11.5 Å². The summed E-state index contributed by atoms with van der Waals surface area (Å²) in [6.07, 6.45) is -3.89. The summed E-state index contributed by atoms with van der Waals surface area (Å²) in [5.41, 5.74) is -1.09. The molecule has 9 nitrogen and oxygen atoms in total. The van der Waals surface area contributed by atoms with Gasteiger partial charge in [0, 0.05) is 13.0 Å². The van der Waals surface area contributed by atoms with E-state index in [0.29, 0.717) is 16.0 Å². The first-order chi connectivity index (χ1) is 23.4. The summed E-state index contributed by atoms with van der Waals surface area (Å²) in [6, 6.07) is 9.14. The number of fused-ring (bicyclic) bond motifs is 4. The van der Waals surface area contributed by atoms with Gasteiger partial charge in [-0.25, -0.2) is 18.7 Å². The lowest BCUT2D eigenvalue weighted by Crippen LogP contribution is -2.60. The number of phenolic OH excluding ortho intramolecular Hbond substituents is 1. The Kier molecular flexibility index (Phi) is 7.78. The number of pyridine rings is 1. The highest BCUT2D eigenvalue weighted by molar-refractivity contribution is 6.58. The molecule has 3 heterocycles. The zero-order valence-electron chi connectivity index (χ0n) is 25.4. The first-order valence-corrected chi connectivity index (χ1v) is 16.1. The Labute approximate surface area is 294 Å². The number of benzene rings is 2. The van der Waals surface area contributed by atoms with E-state index in [1.807, 2.05) is 0 Å². The van der Waals surface area contributed by atoms with Crippen molar-refractivity contribution in [3.63, 3.8) is 0 Å². The molecule has 17 heteroatoms. The minimum atomic E-state index is -4.87. The number of hydrazine groups is 1. The number of hydrogen-bond acceptors (Lipinski definition) is 7. The maximum atomic E-state index is 14.9. The quantitative estimate of drug-likeness (QED) is 0.143. The summed E-state index contributed by atoms with van der Waals surface area (Å²) in [5, 5.41) is 11.1. The Balaban J connectivity index is 1.35. The minimum absolute atomic E-state index is 0.0162. The smallest absolute Gasteiger partial charge is 0.433 e. The normalized spacial score (nSPS) is 29.2. The second kappa shape index (κ2) is 11.4. The average molecular weight is 756 g/mol. The number of anilines is 2. The lowest BCUT2D eigenvalue weighted by Gasteiger charge is -2.50. The van der Waals surface area contributed by atoms with E-state index < -0.39 is 98.5 Å². The molecule has 4 amide bonds. The SMILES string of the molecule is CN(c1nc(C(F)(F)F)ccc1Cl)N1C(=O)[C@H]2[C@H](CC=C3[C@H]2C[C@@]2(Cl)C(=O)N(c4ccc(F)cc4)C(=O)[C@@]2(Cl)[C@H]3c2ccc(O)c(F)c2)C1=O. The van der Waals surface area contributed by atoms with E-state index in [-0.39, 0.29) is 28.3 Å². The topological polar surface area (TPSA) is 111 Å². The van der Waals surface area contributed by atoms with Crippen molar-refractivity contribution in [3.05, 3.63) is 94.2 Å². The van der Waals surface area contributed by atoms with E-state index in [2.05, 4.69) is 4.98 Å². The molecule has 0 bridgehead atoms. The number of aromatic hydroxyl groups is 1. The Hall–Kier alpha value is -4.27. The van der Waals surface area contributed by atoms with Gasteiger partial charge in [-0.2, -0.15) is 18.2 Å². The summed E-state index contributed by atoms with van der Waals surface area (Å²) in [7, 11) is 1.14. The molecule has 0 radical (unpaired) electrons. The van der Waals surface area contributed by atoms with Crippen LogP contribution in [-0.2, 0) is 25.4 Å². The van der Waals surface area contributed by atoms with E-state index in [4.69, 9.17) is 34.8 Å². The molecule has 0 unspecified atom stereocenters. The average Bonchev–Trinajstić information content (AvgIpc) is 3.40. The van der Waals surface area contributed by atoms with Crippen molar-refractivity contribution in [3.8, 4) is 5.75 Å². The van der Waals surface area contributed by atoms with Crippen molar-refractivity contribution in [2.24, 2.45) is 17.8 Å². The monoisotopic (exact) mass is 754 g/mol. The lowest BCUT2D eigenvalue weighted by molar-refractivity contribution is -0.141. The highest BCUT2D eigenvalue weighted by atomic mass is 35.5. The van der Waals surface area contributed by atoms with Gasteiger partial charge in [-0.3, -0.25) is 24.2 Å². The van der Waals surface area contributed by atoms with Crippen molar-refractivity contribution < 1.29 is 46.2 Å². The zero-order valence-corrected chi connectivity index (χ0v) is 27.7. The van der Waals surface area contributed by atoms with Crippen LogP contribution in [0.1, 0.15) is 30.0 Å². The lowest BCUT2D eigenvalue weighted by atomic mass is 9.56. The van der Waals surface area contributed by atoms with Gasteiger partial charge in [-0.1, -0.05) is 29.3 Å². The van der Waals surface area contributed by atoms with Gasteiger partial charge < -0.3 is 5.11 Å². The molecule has 7 rings (SSSR count). The van der Waals surface area contributed by atoms with Gasteiger partial charge >= 0.3 is 6.18 Å². The molecule has 1 saturated carbocycles. The zero-order chi connectivity index (χ0) is 36.2. The number of carbonyl (C=O) groups excluding carboxylic acids is 4. The fraction of sp³-hybridized carbons (Fsp3) is 0.303. The molecule has 2 aliphatic heterocycles. The van der Waals surface area contributed by atoms with Gasteiger partial charge in [0.25, 0.3) is 23.6 Å². The largest absolute Gasteiger partial charge is 0.505 e. The molecule has 0 spiro atoms. The van der Waals surface area contributed by atoms with Gasteiger partial charge in [0.15, 0.2) is 27.1 Å². The number of phenols is 1. The maximum absolute atomic E-state index is 14.9. The van der Waals surface area contributed by atoms with Crippen LogP contribution in [0.4, 0.5) is 33.5 Å². The van der Waals surface area contributed by atoms with Crippen molar-refractivity contribution in [1.82, 2.24) is 9.99 Å². The molecule has 6 atom stereocenters. The van der Waals surface area contributed by atoms with Gasteiger partial charge in [-0.05, 0) is 72.9 Å². The number of halogens is 8. The molecule has 1 aromatic heterocycles. The molecule has 4 aliphatic rings. The molecule has 1 N–H and O–H groups in total. The highest BCUT2D eigenvalue weighted by Crippen LogP contribution is 2.66. The molecule has 2 saturated heterocycles. The van der Waals surface area contributed by atoms with Crippen LogP contribution < -0.4 is 9.91 Å². The molecule has 2 aromatic carbocycles. The number of carbonyl (C=O) groups is 4. The number of nitrogens with zero attached hydrogens (tertiary/aromatic N) is 4. The van der Waals surface area contributed by atoms with Gasteiger partial charge in [0.2, 0.25) is 0 Å². The molecular weight excluding hydrogens is 734 g/mol. The third-order valence-corrected chi connectivity index (χ3v) is 11.6. The first kappa shape index (κ1) is 34.2. The number of hydrogen-bond donors (Lipinski definition) is 1. The Morgan fingerprint density at radius 3 is 2.26 bits per heavy atom. The summed E-state index contributed by atoms with van der Waals surface area (Å²) in [6.45, 7) is 0. The van der Waals surface area contributed by atoms with E-state index in [9.17, 15) is 46.2 Å². The Morgan fingerprint density at radius 1 is 0.940 bits per heavy atom. The second-order valence-electron chi connectivity index (χ2n) is 12.5. The summed E-state index contributed by atoms with van der Waals surface area (Å²) in [4.78, 5) is 56.3. The second-order valence-corrected chi connectivity index (χ2v) is 14.1. The summed E-state index contributed by atoms with van der Waals surface area (Å²) < 4.78 is 69.3. The number of rotatable bonds is 4. The van der Waals surface area contributed by atoms with Crippen LogP contribution in [0.15, 0.2) is 66.2 Å². The van der Waals surface area contributed by atoms with Gasteiger partial charge in [-0.15, -0.1) is 23.2 Å². The van der Waals surface area contributed by atoms with E-state index >= 15 is 0 Å². The van der Waals surface area contributed by atoms with Crippen molar-refractivity contribution >= 4 is 69.9 Å². The van der Waals surface area contributed by atoms with Crippen molar-refractivity contribution in [2.75, 3.05) is 17.0 Å². The Bertz CT molecular complexity index is 2050. The van der Waals surface area contributed by atoms with Crippen LogP contribution in [0.2, 0.25) is 5.02 Å². The van der Waals surface area contributed by atoms with Crippen LogP contribution in [0.3, 0.4) is 0 Å². The Morgan fingerprint density at radius 2 is 1.62 bits per heavy atom. The maximum Gasteiger partial charge on any atom is 0.433 e. The number of aromatic nitrogens is 1. The van der Waals surface area contributed by atoms with Crippen LogP contribution in [-0.4, -0.2) is 55.5 Å².